The minimum Gasteiger partial charge on any atom is -0.341 e. The lowest BCUT2D eigenvalue weighted by atomic mass is 9.95. The van der Waals surface area contributed by atoms with Gasteiger partial charge in [-0.05, 0) is 37.1 Å². The Morgan fingerprint density at radius 1 is 1.40 bits per heavy atom. The molecule has 0 saturated heterocycles. The van der Waals surface area contributed by atoms with Crippen LogP contribution in [0.15, 0.2) is 24.4 Å². The Balaban J connectivity index is 1.98. The van der Waals surface area contributed by atoms with Crippen molar-refractivity contribution in [3.05, 3.63) is 35.8 Å². The van der Waals surface area contributed by atoms with Crippen LogP contribution in [0.3, 0.4) is 0 Å². The van der Waals surface area contributed by atoms with E-state index in [4.69, 9.17) is 5.26 Å². The molecule has 1 aromatic carbocycles. The topological polar surface area (TPSA) is 81.6 Å². The van der Waals surface area contributed by atoms with Crippen molar-refractivity contribution in [3.63, 3.8) is 0 Å². The van der Waals surface area contributed by atoms with E-state index in [1.807, 2.05) is 32.0 Å². The number of H-pyrrole nitrogens is 1. The lowest BCUT2D eigenvalue weighted by Crippen LogP contribution is -2.15. The summed E-state index contributed by atoms with van der Waals surface area (Å²) in [5, 5.41) is 11.9. The van der Waals surface area contributed by atoms with Crippen LogP contribution in [0.4, 0.5) is 5.69 Å². The van der Waals surface area contributed by atoms with Gasteiger partial charge >= 0.3 is 0 Å². The van der Waals surface area contributed by atoms with Crippen molar-refractivity contribution in [3.8, 4) is 17.3 Å². The maximum atomic E-state index is 11.4. The molecule has 5 heteroatoms. The van der Waals surface area contributed by atoms with Gasteiger partial charge in [0.15, 0.2) is 0 Å². The molecule has 2 aromatic rings. The van der Waals surface area contributed by atoms with E-state index < -0.39 is 5.41 Å². The minimum atomic E-state index is -0.646. The number of aromatic amines is 1. The molecule has 0 saturated carbocycles. The van der Waals surface area contributed by atoms with E-state index in [0.717, 1.165) is 22.5 Å². The molecular weight excluding hydrogens is 252 g/mol. The highest BCUT2D eigenvalue weighted by Gasteiger charge is 2.24. The highest BCUT2D eigenvalue weighted by molar-refractivity contribution is 5.99. The van der Waals surface area contributed by atoms with E-state index in [2.05, 4.69) is 21.4 Å². The summed E-state index contributed by atoms with van der Waals surface area (Å²) in [6, 6.07) is 8.02. The second kappa shape index (κ2) is 4.20. The molecule has 1 amide bonds. The number of nitriles is 1. The van der Waals surface area contributed by atoms with E-state index in [1.54, 1.807) is 6.20 Å². The summed E-state index contributed by atoms with van der Waals surface area (Å²) in [6.07, 6.45) is 2.13. The number of anilines is 1. The Labute approximate surface area is 116 Å². The lowest BCUT2D eigenvalue weighted by Gasteiger charge is -2.10. The van der Waals surface area contributed by atoms with Gasteiger partial charge in [-0.2, -0.15) is 5.26 Å². The molecule has 1 aliphatic heterocycles. The average Bonchev–Trinajstić information content (AvgIpc) is 3.02. The van der Waals surface area contributed by atoms with Crippen molar-refractivity contribution in [1.29, 1.82) is 5.26 Å². The van der Waals surface area contributed by atoms with Gasteiger partial charge in [-0.15, -0.1) is 0 Å². The highest BCUT2D eigenvalue weighted by Crippen LogP contribution is 2.29. The number of nitrogens with one attached hydrogen (secondary N) is 2. The van der Waals surface area contributed by atoms with Crippen molar-refractivity contribution < 1.29 is 4.79 Å². The van der Waals surface area contributed by atoms with E-state index >= 15 is 0 Å². The molecule has 2 heterocycles. The second-order valence-electron chi connectivity index (χ2n) is 5.48. The molecule has 2 N–H and O–H groups in total. The quantitative estimate of drug-likeness (QED) is 0.875. The number of carbonyl (C=O) groups excluding carboxylic acids is 1. The van der Waals surface area contributed by atoms with Gasteiger partial charge in [-0.1, -0.05) is 6.07 Å². The molecule has 5 nitrogen and oxygen atoms in total. The first kappa shape index (κ1) is 12.4. The summed E-state index contributed by atoms with van der Waals surface area (Å²) < 4.78 is 0. The van der Waals surface area contributed by atoms with Crippen LogP contribution in [-0.4, -0.2) is 15.9 Å². The van der Waals surface area contributed by atoms with Gasteiger partial charge in [0.05, 0.1) is 24.4 Å². The largest absolute Gasteiger partial charge is 0.341 e. The zero-order valence-electron chi connectivity index (χ0n) is 11.3. The minimum absolute atomic E-state index is 0.0214. The maximum Gasteiger partial charge on any atom is 0.228 e. The molecule has 0 bridgehead atoms. The third-order valence-corrected chi connectivity index (χ3v) is 3.49. The van der Waals surface area contributed by atoms with Gasteiger partial charge in [0, 0.05) is 5.69 Å². The zero-order valence-corrected chi connectivity index (χ0v) is 11.3. The SMILES string of the molecule is CC(C)(C#N)c1ncc(-c2ccc3c(c2)CC(=O)N3)[nH]1. The van der Waals surface area contributed by atoms with Crippen molar-refractivity contribution in [1.82, 2.24) is 9.97 Å². The van der Waals surface area contributed by atoms with Crippen LogP contribution in [0.25, 0.3) is 11.3 Å². The number of fused-ring (bicyclic) bond motifs is 1. The number of carbonyl (C=O) groups is 1. The standard InChI is InChI=1S/C15H14N4O/c1-15(2,8-16)14-17-7-12(19-14)9-3-4-11-10(5-9)6-13(20)18-11/h3-5,7H,6H2,1-2H3,(H,17,19)(H,18,20). The second-order valence-corrected chi connectivity index (χ2v) is 5.48. The fourth-order valence-corrected chi connectivity index (χ4v) is 2.24. The van der Waals surface area contributed by atoms with Gasteiger partial charge in [-0.25, -0.2) is 4.98 Å². The first-order valence-electron chi connectivity index (χ1n) is 6.39. The predicted octanol–water partition coefficient (Wildman–Crippen LogP) is 2.37. The molecule has 0 fully saturated rings. The van der Waals surface area contributed by atoms with Crippen LogP contribution >= 0.6 is 0 Å². The Hall–Kier alpha value is -2.61. The number of imidazole rings is 1. The van der Waals surface area contributed by atoms with Crippen LogP contribution in [-0.2, 0) is 16.6 Å². The van der Waals surface area contributed by atoms with Gasteiger partial charge in [0.1, 0.15) is 11.2 Å². The monoisotopic (exact) mass is 266 g/mol. The molecule has 100 valence electrons. The number of hydrogen-bond acceptors (Lipinski definition) is 3. The molecule has 0 atom stereocenters. The van der Waals surface area contributed by atoms with Crippen molar-refractivity contribution >= 4 is 11.6 Å². The van der Waals surface area contributed by atoms with Crippen LogP contribution in [0.5, 0.6) is 0 Å². The van der Waals surface area contributed by atoms with E-state index in [-0.39, 0.29) is 5.91 Å². The summed E-state index contributed by atoms with van der Waals surface area (Å²) in [4.78, 5) is 18.8. The molecule has 20 heavy (non-hydrogen) atoms. The summed E-state index contributed by atoms with van der Waals surface area (Å²) in [5.74, 6) is 0.665. The number of amides is 1. The van der Waals surface area contributed by atoms with Crippen molar-refractivity contribution in [2.24, 2.45) is 0 Å². The fourth-order valence-electron chi connectivity index (χ4n) is 2.24. The third-order valence-electron chi connectivity index (χ3n) is 3.49. The highest BCUT2D eigenvalue weighted by atomic mass is 16.1. The first-order valence-corrected chi connectivity index (χ1v) is 6.39. The fraction of sp³-hybridized carbons (Fsp3) is 0.267. The Bertz CT molecular complexity index is 737. The first-order chi connectivity index (χ1) is 9.49. The summed E-state index contributed by atoms with van der Waals surface area (Å²) in [6.45, 7) is 3.64. The molecule has 1 aliphatic rings. The summed E-state index contributed by atoms with van der Waals surface area (Å²) >= 11 is 0. The normalized spacial score (nSPS) is 13.8. The molecule has 0 radical (unpaired) electrons. The molecule has 1 aromatic heterocycles. The smallest absolute Gasteiger partial charge is 0.228 e. The lowest BCUT2D eigenvalue weighted by molar-refractivity contribution is -0.115. The van der Waals surface area contributed by atoms with Crippen LogP contribution < -0.4 is 5.32 Å². The zero-order chi connectivity index (χ0) is 14.3. The molecule has 0 aliphatic carbocycles. The van der Waals surface area contributed by atoms with Gasteiger partial charge in [0.2, 0.25) is 5.91 Å². The summed E-state index contributed by atoms with van der Waals surface area (Å²) in [5.41, 5.74) is 3.03. The van der Waals surface area contributed by atoms with Crippen LogP contribution in [0, 0.1) is 11.3 Å². The Morgan fingerprint density at radius 2 is 2.20 bits per heavy atom. The molecular formula is C15H14N4O. The van der Waals surface area contributed by atoms with Crippen molar-refractivity contribution in [2.45, 2.75) is 25.7 Å². The Morgan fingerprint density at radius 3 is 2.95 bits per heavy atom. The summed E-state index contributed by atoms with van der Waals surface area (Å²) in [7, 11) is 0. The van der Waals surface area contributed by atoms with Gasteiger partial charge in [0.25, 0.3) is 0 Å². The molecule has 0 spiro atoms. The number of rotatable bonds is 2. The van der Waals surface area contributed by atoms with Gasteiger partial charge < -0.3 is 10.3 Å². The maximum absolute atomic E-state index is 11.4. The van der Waals surface area contributed by atoms with E-state index in [9.17, 15) is 4.79 Å². The number of benzene rings is 1. The predicted molar refractivity (Wildman–Crippen MR) is 75.0 cm³/mol. The third kappa shape index (κ3) is 1.95. The van der Waals surface area contributed by atoms with E-state index in [1.165, 1.54) is 0 Å². The van der Waals surface area contributed by atoms with E-state index in [0.29, 0.717) is 12.2 Å². The van der Waals surface area contributed by atoms with Gasteiger partial charge in [-0.3, -0.25) is 4.79 Å². The molecule has 3 rings (SSSR count). The Kier molecular flexibility index (Phi) is 2.61. The van der Waals surface area contributed by atoms with Crippen molar-refractivity contribution in [2.75, 3.05) is 5.32 Å². The average molecular weight is 266 g/mol. The molecule has 0 unspecified atom stereocenters. The number of hydrogen-bond donors (Lipinski definition) is 2. The van der Waals surface area contributed by atoms with Crippen LogP contribution in [0.1, 0.15) is 25.2 Å². The van der Waals surface area contributed by atoms with Crippen LogP contribution in [0.2, 0.25) is 0 Å². The number of nitrogens with zero attached hydrogens (tertiary/aromatic N) is 2. The number of aromatic nitrogens is 2.